The molecule has 2 N–H and O–H groups in total. The van der Waals surface area contributed by atoms with Crippen molar-refractivity contribution >= 4 is 31.6 Å². The Morgan fingerprint density at radius 3 is 2.28 bits per heavy atom. The van der Waals surface area contributed by atoms with Crippen LogP contribution in [0.25, 0.3) is 0 Å². The normalized spacial score (nSPS) is 19.7. The van der Waals surface area contributed by atoms with Gasteiger partial charge in [0.15, 0.2) is 0 Å². The van der Waals surface area contributed by atoms with Crippen LogP contribution in [0.4, 0.5) is 0 Å². The van der Waals surface area contributed by atoms with Crippen molar-refractivity contribution in [3.05, 3.63) is 35.9 Å². The third-order valence-electron chi connectivity index (χ3n) is 10.2. The molecule has 2 aliphatic rings. The van der Waals surface area contributed by atoms with Crippen LogP contribution in [0.15, 0.2) is 30.3 Å². The quantitative estimate of drug-likeness (QED) is 0.0857. The largest absolute Gasteiger partial charge is 0.463 e. The first-order chi connectivity index (χ1) is 22.5. The Bertz CT molecular complexity index is 1180. The van der Waals surface area contributed by atoms with Gasteiger partial charge in [0.1, 0.15) is 30.3 Å². The molecule has 1 aliphatic carbocycles. The van der Waals surface area contributed by atoms with Gasteiger partial charge in [0.05, 0.1) is 0 Å². The van der Waals surface area contributed by atoms with Gasteiger partial charge in [-0.05, 0) is 61.8 Å². The molecule has 1 aliphatic heterocycles. The molecule has 4 atom stereocenters. The van der Waals surface area contributed by atoms with Crippen LogP contribution in [0.2, 0.25) is 0 Å². The Morgan fingerprint density at radius 2 is 1.64 bits per heavy atom. The van der Waals surface area contributed by atoms with Crippen molar-refractivity contribution in [1.29, 1.82) is 0 Å². The molecule has 1 amide bonds. The highest BCUT2D eigenvalue weighted by Crippen LogP contribution is 2.39. The van der Waals surface area contributed by atoms with E-state index >= 15 is 0 Å². The van der Waals surface area contributed by atoms with Crippen molar-refractivity contribution < 1.29 is 38.0 Å². The summed E-state index contributed by atoms with van der Waals surface area (Å²) in [5.41, 5.74) is 6.03. The molecule has 0 aromatic heterocycles. The highest BCUT2D eigenvalue weighted by atomic mass is 31.1. The molecule has 10 nitrogen and oxygen atoms in total. The predicted octanol–water partition coefficient (Wildman–Crippen LogP) is 6.01. The summed E-state index contributed by atoms with van der Waals surface area (Å²) in [4.78, 5) is 53.9. The summed E-state index contributed by atoms with van der Waals surface area (Å²) in [5, 5.41) is 0. The summed E-state index contributed by atoms with van der Waals surface area (Å²) in [6, 6.07) is 8.53. The van der Waals surface area contributed by atoms with Gasteiger partial charge in [-0.1, -0.05) is 94.7 Å². The van der Waals surface area contributed by atoms with E-state index in [1.807, 2.05) is 32.0 Å². The summed E-state index contributed by atoms with van der Waals surface area (Å²) in [5.74, 6) is -1.65. The van der Waals surface area contributed by atoms with Gasteiger partial charge in [0.2, 0.25) is 13.0 Å². The first-order valence-corrected chi connectivity index (χ1v) is 19.2. The second-order valence-corrected chi connectivity index (χ2v) is 15.4. The maximum absolute atomic E-state index is 13.5. The van der Waals surface area contributed by atoms with Crippen molar-refractivity contribution in [1.82, 2.24) is 4.90 Å². The van der Waals surface area contributed by atoms with Gasteiger partial charge in [-0.3, -0.25) is 14.4 Å². The molecule has 2 fully saturated rings. The summed E-state index contributed by atoms with van der Waals surface area (Å²) in [6.07, 6.45) is 9.75. The fourth-order valence-corrected chi connectivity index (χ4v) is 7.88. The van der Waals surface area contributed by atoms with Crippen LogP contribution in [0.1, 0.15) is 97.5 Å². The number of rotatable bonds is 18. The van der Waals surface area contributed by atoms with Crippen molar-refractivity contribution in [2.75, 3.05) is 32.3 Å². The van der Waals surface area contributed by atoms with Crippen molar-refractivity contribution in [3.63, 3.8) is 0 Å². The third kappa shape index (κ3) is 11.4. The van der Waals surface area contributed by atoms with E-state index in [4.69, 9.17) is 19.9 Å². The van der Waals surface area contributed by atoms with Gasteiger partial charge in [0, 0.05) is 6.54 Å². The van der Waals surface area contributed by atoms with E-state index < -0.39 is 50.0 Å². The molecule has 0 spiro atoms. The van der Waals surface area contributed by atoms with Gasteiger partial charge in [-0.15, -0.1) is 0 Å². The number of nitrogens with two attached hydrogens (primary N) is 1. The first-order valence-electron chi connectivity index (χ1n) is 17.5. The van der Waals surface area contributed by atoms with E-state index in [-0.39, 0.29) is 30.5 Å². The molecule has 0 radical (unpaired) electrons. The van der Waals surface area contributed by atoms with Gasteiger partial charge < -0.3 is 24.8 Å². The van der Waals surface area contributed by atoms with Crippen molar-refractivity contribution in [2.24, 2.45) is 28.9 Å². The molecule has 1 unspecified atom stereocenters. The number of unbranched alkanes of at least 4 members (excludes halogenated alkanes) is 1. The number of hydrogen-bond acceptors (Lipinski definition) is 9. The van der Waals surface area contributed by atoms with Crippen molar-refractivity contribution in [2.45, 2.75) is 110 Å². The van der Waals surface area contributed by atoms with E-state index in [1.54, 1.807) is 18.7 Å². The SMILES string of the molecule is CCC(CC)(COC(=O)[C@@H](N)C(C)C)C(=O)OCOC(=O)[C@@H]1C[C@@H](C2CCCCC2)CN1C(=O)C[P+](=O)CCCCc1ccccc1. The zero-order chi connectivity index (χ0) is 34.4. The van der Waals surface area contributed by atoms with Crippen LogP contribution >= 0.6 is 7.80 Å². The van der Waals surface area contributed by atoms with E-state index in [9.17, 15) is 23.7 Å². The number of nitrogens with zero attached hydrogens (tertiary/aromatic N) is 1. The molecule has 11 heteroatoms. The fraction of sp³-hybridized carbons (Fsp3) is 0.722. The maximum atomic E-state index is 13.5. The number of aryl methyl sites for hydroxylation is 1. The highest BCUT2D eigenvalue weighted by Gasteiger charge is 2.45. The molecule has 1 saturated heterocycles. The molecule has 1 aromatic rings. The van der Waals surface area contributed by atoms with Gasteiger partial charge in [-0.25, -0.2) is 4.79 Å². The minimum absolute atomic E-state index is 0.0917. The van der Waals surface area contributed by atoms with Gasteiger partial charge in [0.25, 0.3) is 5.91 Å². The van der Waals surface area contributed by atoms with Crippen LogP contribution in [0.3, 0.4) is 0 Å². The van der Waals surface area contributed by atoms with E-state index in [2.05, 4.69) is 12.1 Å². The number of esters is 3. The van der Waals surface area contributed by atoms with E-state index in [0.29, 0.717) is 37.9 Å². The lowest BCUT2D eigenvalue weighted by Gasteiger charge is -2.29. The molecular formula is C36H56N2O8P+. The molecule has 47 heavy (non-hydrogen) atoms. The number of amides is 1. The van der Waals surface area contributed by atoms with Crippen LogP contribution in [0, 0.1) is 23.2 Å². The summed E-state index contributed by atoms with van der Waals surface area (Å²) < 4.78 is 29.2. The fourth-order valence-electron chi connectivity index (χ4n) is 6.67. The highest BCUT2D eigenvalue weighted by molar-refractivity contribution is 7.45. The number of benzene rings is 1. The maximum Gasteiger partial charge on any atom is 0.348 e. The van der Waals surface area contributed by atoms with E-state index in [1.165, 1.54) is 12.0 Å². The van der Waals surface area contributed by atoms with Gasteiger partial charge >= 0.3 is 25.7 Å². The van der Waals surface area contributed by atoms with E-state index in [0.717, 1.165) is 44.9 Å². The van der Waals surface area contributed by atoms with Crippen LogP contribution in [-0.2, 0) is 44.4 Å². The zero-order valence-electron chi connectivity index (χ0n) is 28.8. The van der Waals surface area contributed by atoms with Crippen molar-refractivity contribution in [3.8, 4) is 0 Å². The number of hydrogen-bond donors (Lipinski definition) is 1. The number of likely N-dealkylation sites (tertiary alicyclic amines) is 1. The minimum atomic E-state index is -1.74. The average molecular weight is 676 g/mol. The minimum Gasteiger partial charge on any atom is -0.463 e. The zero-order valence-corrected chi connectivity index (χ0v) is 29.7. The Labute approximate surface area is 281 Å². The standard InChI is InChI=1S/C36H56N2O8P/c1-5-36(6-2,24-44-34(41)32(37)26(3)4)35(42)46-25-45-33(40)30-21-29(28-18-11-8-12-19-28)22-38(30)31(39)23-47(43)20-14-13-17-27-15-9-7-10-16-27/h7,9-10,15-16,26,28-30,32H,5-6,8,11-14,17-25,37H2,1-4H3/q+1/t29-,30+,32+/m1/s1. The summed E-state index contributed by atoms with van der Waals surface area (Å²) in [7, 11) is -1.74. The second kappa shape index (κ2) is 19.2. The molecule has 262 valence electrons. The Balaban J connectivity index is 1.56. The third-order valence-corrected chi connectivity index (χ3v) is 11.6. The molecule has 1 aromatic carbocycles. The van der Waals surface area contributed by atoms with Crippen LogP contribution in [0.5, 0.6) is 0 Å². The molecule has 1 heterocycles. The summed E-state index contributed by atoms with van der Waals surface area (Å²) >= 11 is 0. The first kappa shape index (κ1) is 38.6. The number of carbonyl (C=O) groups is 4. The van der Waals surface area contributed by atoms with Crippen LogP contribution in [-0.4, -0.2) is 73.1 Å². The molecular weight excluding hydrogens is 619 g/mol. The van der Waals surface area contributed by atoms with Crippen LogP contribution < -0.4 is 5.73 Å². The topological polar surface area (TPSA) is 142 Å². The summed E-state index contributed by atoms with van der Waals surface area (Å²) in [6.45, 7) is 6.87. The number of ether oxygens (including phenoxy) is 3. The smallest absolute Gasteiger partial charge is 0.348 e. The lowest BCUT2D eigenvalue weighted by atomic mass is 9.79. The predicted molar refractivity (Wildman–Crippen MR) is 181 cm³/mol. The Morgan fingerprint density at radius 1 is 0.957 bits per heavy atom. The second-order valence-electron chi connectivity index (χ2n) is 13.6. The molecule has 0 bridgehead atoms. The monoisotopic (exact) mass is 675 g/mol. The number of carbonyl (C=O) groups excluding carboxylic acids is 4. The lowest BCUT2D eigenvalue weighted by Crippen LogP contribution is -2.43. The molecule has 3 rings (SSSR count). The van der Waals surface area contributed by atoms with Gasteiger partial charge in [-0.2, -0.15) is 0 Å². The average Bonchev–Trinajstić information content (AvgIpc) is 3.54. The molecule has 1 saturated carbocycles. The Kier molecular flexibility index (Phi) is 15.8. The Hall–Kier alpha value is -2.84. The lowest BCUT2D eigenvalue weighted by molar-refractivity contribution is -0.182.